The number of amides is 2. The van der Waals surface area contributed by atoms with Crippen molar-refractivity contribution in [1.82, 2.24) is 9.97 Å². The third kappa shape index (κ3) is 4.86. The average molecular weight is 516 g/mol. The van der Waals surface area contributed by atoms with Crippen LogP contribution in [0.15, 0.2) is 48.5 Å². The van der Waals surface area contributed by atoms with Gasteiger partial charge in [-0.3, -0.25) is 9.59 Å². The van der Waals surface area contributed by atoms with Crippen molar-refractivity contribution in [3.8, 4) is 17.7 Å². The number of benzene rings is 2. The van der Waals surface area contributed by atoms with Crippen molar-refractivity contribution in [2.45, 2.75) is 38.5 Å². The minimum absolute atomic E-state index is 0.0443. The van der Waals surface area contributed by atoms with E-state index in [1.807, 2.05) is 6.07 Å². The largest absolute Gasteiger partial charge is 0.439 e. The van der Waals surface area contributed by atoms with Crippen molar-refractivity contribution < 1.29 is 18.7 Å². The van der Waals surface area contributed by atoms with Gasteiger partial charge in [0.05, 0.1) is 17.2 Å². The number of carbonyl (C=O) groups excluding carboxylic acids is 2. The van der Waals surface area contributed by atoms with Crippen molar-refractivity contribution in [3.05, 3.63) is 71.0 Å². The number of thiazole rings is 1. The quantitative estimate of drug-likeness (QED) is 0.308. The molecule has 1 aliphatic carbocycles. The Balaban J connectivity index is 1.35. The average Bonchev–Trinajstić information content (AvgIpc) is 3.58. The first kappa shape index (κ1) is 24.3. The summed E-state index contributed by atoms with van der Waals surface area (Å²) in [5.74, 6) is -0.708. The van der Waals surface area contributed by atoms with Crippen molar-refractivity contribution in [2.75, 3.05) is 10.6 Å². The number of nitrogens with zero attached hydrogens (tertiary/aromatic N) is 3. The molecule has 2 amide bonds. The van der Waals surface area contributed by atoms with E-state index >= 15 is 0 Å². The van der Waals surface area contributed by atoms with Crippen molar-refractivity contribution in [3.63, 3.8) is 0 Å². The number of ether oxygens (including phenoxy) is 1. The molecular formula is C27H22FN5O3S. The maximum Gasteiger partial charge on any atom is 0.256 e. The van der Waals surface area contributed by atoms with Gasteiger partial charge in [0, 0.05) is 24.1 Å². The standard InChI is InChI=1S/C27H22FN5O3S/c1-3-22(34)32-26-31-20-9-10-23(33-25(20)37-26)36-16-7-8-19(28)21(13-16)30-24(35)17-5-4-6-18(15(17)2)27(14-29)11-12-27/h4-10,13H,3,11-12H2,1-2H3,(H,30,35)(H,31,32,34). The summed E-state index contributed by atoms with van der Waals surface area (Å²) in [5, 5.41) is 15.3. The lowest BCUT2D eigenvalue weighted by Crippen LogP contribution is -2.17. The molecule has 8 nitrogen and oxygen atoms in total. The predicted octanol–water partition coefficient (Wildman–Crippen LogP) is 6.09. The van der Waals surface area contributed by atoms with Gasteiger partial charge in [0.25, 0.3) is 5.91 Å². The van der Waals surface area contributed by atoms with Crippen LogP contribution >= 0.6 is 11.3 Å². The van der Waals surface area contributed by atoms with E-state index in [1.54, 1.807) is 38.1 Å². The molecule has 0 bridgehead atoms. The molecule has 0 saturated heterocycles. The van der Waals surface area contributed by atoms with Gasteiger partial charge in [0.2, 0.25) is 11.8 Å². The lowest BCUT2D eigenvalue weighted by molar-refractivity contribution is -0.115. The zero-order valence-corrected chi connectivity index (χ0v) is 20.9. The summed E-state index contributed by atoms with van der Waals surface area (Å²) in [5.41, 5.74) is 1.96. The summed E-state index contributed by atoms with van der Waals surface area (Å²) in [6, 6.07) is 15.0. The minimum Gasteiger partial charge on any atom is -0.439 e. The van der Waals surface area contributed by atoms with Crippen molar-refractivity contribution in [2.24, 2.45) is 0 Å². The Hall–Kier alpha value is -4.36. The summed E-state index contributed by atoms with van der Waals surface area (Å²) in [4.78, 5) is 34.0. The number of nitriles is 1. The second-order valence-electron chi connectivity index (χ2n) is 8.76. The van der Waals surface area contributed by atoms with Gasteiger partial charge in [0.1, 0.15) is 21.9 Å². The zero-order valence-electron chi connectivity index (χ0n) is 20.1. The molecular weight excluding hydrogens is 493 g/mol. The van der Waals surface area contributed by atoms with E-state index in [4.69, 9.17) is 4.74 Å². The SMILES string of the molecule is CCC(=O)Nc1nc2ccc(Oc3ccc(F)c(NC(=O)c4cccc(C5(C#N)CC5)c4C)c3)nc2s1. The molecule has 0 aliphatic heterocycles. The molecule has 37 heavy (non-hydrogen) atoms. The molecule has 5 rings (SSSR count). The molecule has 186 valence electrons. The molecule has 2 heterocycles. The first-order valence-corrected chi connectivity index (χ1v) is 12.5. The molecule has 0 unspecified atom stereocenters. The second kappa shape index (κ2) is 9.59. The monoisotopic (exact) mass is 515 g/mol. The number of anilines is 2. The van der Waals surface area contributed by atoms with E-state index in [0.717, 1.165) is 18.4 Å². The van der Waals surface area contributed by atoms with Gasteiger partial charge in [-0.1, -0.05) is 30.4 Å². The molecule has 4 aromatic rings. The first-order valence-electron chi connectivity index (χ1n) is 11.7. The molecule has 10 heteroatoms. The van der Waals surface area contributed by atoms with Crippen LogP contribution in [0.2, 0.25) is 0 Å². The van der Waals surface area contributed by atoms with Gasteiger partial charge in [-0.25, -0.2) is 14.4 Å². The molecule has 0 radical (unpaired) electrons. The smallest absolute Gasteiger partial charge is 0.256 e. The van der Waals surface area contributed by atoms with Crippen LogP contribution in [0.5, 0.6) is 11.6 Å². The number of rotatable bonds is 7. The Morgan fingerprint density at radius 3 is 2.70 bits per heavy atom. The molecule has 1 fully saturated rings. The topological polar surface area (TPSA) is 117 Å². The van der Waals surface area contributed by atoms with Crippen LogP contribution in [-0.2, 0) is 10.2 Å². The highest BCUT2D eigenvalue weighted by atomic mass is 32.1. The van der Waals surface area contributed by atoms with E-state index in [0.29, 0.717) is 33.0 Å². The summed E-state index contributed by atoms with van der Waals surface area (Å²) in [6.07, 6.45) is 1.87. The van der Waals surface area contributed by atoms with E-state index < -0.39 is 17.1 Å². The highest BCUT2D eigenvalue weighted by Gasteiger charge is 2.46. The Bertz CT molecular complexity index is 1590. The van der Waals surface area contributed by atoms with Crippen LogP contribution in [0, 0.1) is 24.1 Å². The van der Waals surface area contributed by atoms with Gasteiger partial charge in [-0.05, 0) is 55.2 Å². The van der Waals surface area contributed by atoms with E-state index in [2.05, 4.69) is 26.7 Å². The van der Waals surface area contributed by atoms with Crippen molar-refractivity contribution >= 4 is 44.3 Å². The molecule has 0 atom stereocenters. The highest BCUT2D eigenvalue weighted by molar-refractivity contribution is 7.21. The maximum atomic E-state index is 14.6. The van der Waals surface area contributed by atoms with Crippen LogP contribution in [0.1, 0.15) is 47.7 Å². The van der Waals surface area contributed by atoms with E-state index in [1.165, 1.54) is 29.5 Å². The zero-order chi connectivity index (χ0) is 26.2. The fourth-order valence-electron chi connectivity index (χ4n) is 4.06. The Labute approximate surface area is 216 Å². The fourth-order valence-corrected chi connectivity index (χ4v) is 4.90. The van der Waals surface area contributed by atoms with Crippen LogP contribution in [0.3, 0.4) is 0 Å². The fraction of sp³-hybridized carbons (Fsp3) is 0.222. The Morgan fingerprint density at radius 1 is 1.16 bits per heavy atom. The number of pyridine rings is 1. The maximum absolute atomic E-state index is 14.6. The third-order valence-corrected chi connectivity index (χ3v) is 7.14. The van der Waals surface area contributed by atoms with Crippen LogP contribution < -0.4 is 15.4 Å². The first-order chi connectivity index (χ1) is 17.8. The third-order valence-electron chi connectivity index (χ3n) is 6.26. The minimum atomic E-state index is -0.618. The number of hydrogen-bond donors (Lipinski definition) is 2. The van der Waals surface area contributed by atoms with Crippen LogP contribution in [-0.4, -0.2) is 21.8 Å². The second-order valence-corrected chi connectivity index (χ2v) is 9.74. The van der Waals surface area contributed by atoms with Gasteiger partial charge in [-0.15, -0.1) is 0 Å². The van der Waals surface area contributed by atoms with Crippen LogP contribution in [0.25, 0.3) is 10.3 Å². The summed E-state index contributed by atoms with van der Waals surface area (Å²) >= 11 is 1.22. The predicted molar refractivity (Wildman–Crippen MR) is 138 cm³/mol. The highest BCUT2D eigenvalue weighted by Crippen LogP contribution is 2.49. The molecule has 2 aromatic carbocycles. The van der Waals surface area contributed by atoms with Crippen molar-refractivity contribution in [1.29, 1.82) is 5.26 Å². The Kier molecular flexibility index (Phi) is 6.31. The van der Waals surface area contributed by atoms with Gasteiger partial charge < -0.3 is 15.4 Å². The van der Waals surface area contributed by atoms with Gasteiger partial charge in [0.15, 0.2) is 5.13 Å². The van der Waals surface area contributed by atoms with E-state index in [9.17, 15) is 19.2 Å². The number of halogens is 1. The lowest BCUT2D eigenvalue weighted by atomic mass is 9.90. The summed E-state index contributed by atoms with van der Waals surface area (Å²) in [6.45, 7) is 3.56. The number of aromatic nitrogens is 2. The summed E-state index contributed by atoms with van der Waals surface area (Å²) < 4.78 is 20.4. The normalized spacial score (nSPS) is 13.6. The summed E-state index contributed by atoms with van der Waals surface area (Å²) in [7, 11) is 0. The van der Waals surface area contributed by atoms with E-state index in [-0.39, 0.29) is 23.2 Å². The number of carbonyl (C=O) groups is 2. The van der Waals surface area contributed by atoms with Gasteiger partial charge >= 0.3 is 0 Å². The Morgan fingerprint density at radius 2 is 1.97 bits per heavy atom. The number of fused-ring (bicyclic) bond motifs is 1. The molecule has 0 spiro atoms. The molecule has 2 N–H and O–H groups in total. The van der Waals surface area contributed by atoms with Crippen LogP contribution in [0.4, 0.5) is 15.2 Å². The molecule has 1 saturated carbocycles. The lowest BCUT2D eigenvalue weighted by Gasteiger charge is -2.15. The van der Waals surface area contributed by atoms with Gasteiger partial charge in [-0.2, -0.15) is 5.26 Å². The number of nitrogens with one attached hydrogen (secondary N) is 2. The molecule has 1 aliphatic rings. The number of hydrogen-bond acceptors (Lipinski definition) is 7. The molecule has 2 aromatic heterocycles.